The second-order valence-electron chi connectivity index (χ2n) is 5.49. The van der Waals surface area contributed by atoms with Crippen LogP contribution in [0.3, 0.4) is 0 Å². The number of ether oxygens (including phenoxy) is 1. The van der Waals surface area contributed by atoms with Gasteiger partial charge in [-0.15, -0.1) is 0 Å². The fraction of sp³-hybridized carbons (Fsp3) is 0.412. The van der Waals surface area contributed by atoms with Crippen molar-refractivity contribution in [1.82, 2.24) is 15.3 Å². The molecule has 0 aliphatic rings. The van der Waals surface area contributed by atoms with E-state index in [0.29, 0.717) is 19.2 Å². The van der Waals surface area contributed by atoms with Crippen molar-refractivity contribution in [1.29, 1.82) is 0 Å². The van der Waals surface area contributed by atoms with E-state index in [2.05, 4.69) is 29.1 Å². The highest BCUT2D eigenvalue weighted by molar-refractivity contribution is 5.30. The van der Waals surface area contributed by atoms with Gasteiger partial charge >= 0.3 is 0 Å². The molecule has 2 heterocycles. The molecule has 0 spiro atoms. The number of hydrogen-bond acceptors (Lipinski definition) is 4. The molecule has 1 N–H and O–H groups in total. The summed E-state index contributed by atoms with van der Waals surface area (Å²) in [4.78, 5) is 8.93. The van der Waals surface area contributed by atoms with E-state index in [0.717, 1.165) is 28.4 Å². The Bertz CT molecular complexity index is 596. The van der Waals surface area contributed by atoms with Crippen LogP contribution in [0, 0.1) is 13.8 Å². The lowest BCUT2D eigenvalue weighted by molar-refractivity contribution is 0.294. The topological polar surface area (TPSA) is 47.0 Å². The van der Waals surface area contributed by atoms with Crippen molar-refractivity contribution in [2.75, 3.05) is 0 Å². The SMILES string of the molecule is Cc1ccc(OCc2ncccc2C)c(CNC(C)C)n1. The van der Waals surface area contributed by atoms with Crippen molar-refractivity contribution in [3.8, 4) is 5.75 Å². The van der Waals surface area contributed by atoms with Crippen molar-refractivity contribution < 1.29 is 4.74 Å². The number of hydrogen-bond donors (Lipinski definition) is 1. The Morgan fingerprint density at radius 2 is 1.95 bits per heavy atom. The van der Waals surface area contributed by atoms with E-state index in [1.807, 2.05) is 38.1 Å². The summed E-state index contributed by atoms with van der Waals surface area (Å²) >= 11 is 0. The van der Waals surface area contributed by atoms with E-state index in [9.17, 15) is 0 Å². The maximum atomic E-state index is 5.93. The van der Waals surface area contributed by atoms with Crippen molar-refractivity contribution in [2.45, 2.75) is 46.9 Å². The number of nitrogens with one attached hydrogen (secondary N) is 1. The lowest BCUT2D eigenvalue weighted by Crippen LogP contribution is -2.23. The standard InChI is InChI=1S/C17H23N3O/c1-12(2)19-10-15-17(8-7-14(4)20-15)21-11-16-13(3)6-5-9-18-16/h5-9,12,19H,10-11H2,1-4H3. The van der Waals surface area contributed by atoms with E-state index in [1.54, 1.807) is 6.20 Å². The van der Waals surface area contributed by atoms with Gasteiger partial charge in [0.2, 0.25) is 0 Å². The largest absolute Gasteiger partial charge is 0.485 e. The first-order valence-corrected chi connectivity index (χ1v) is 7.29. The minimum Gasteiger partial charge on any atom is -0.485 e. The summed E-state index contributed by atoms with van der Waals surface area (Å²) in [6.07, 6.45) is 1.79. The number of rotatable bonds is 6. The van der Waals surface area contributed by atoms with Crippen LogP contribution in [0.4, 0.5) is 0 Å². The molecule has 0 fully saturated rings. The Morgan fingerprint density at radius 3 is 2.67 bits per heavy atom. The van der Waals surface area contributed by atoms with Gasteiger partial charge in [0.15, 0.2) is 0 Å². The highest BCUT2D eigenvalue weighted by atomic mass is 16.5. The first kappa shape index (κ1) is 15.4. The van der Waals surface area contributed by atoms with Gasteiger partial charge in [0.1, 0.15) is 12.4 Å². The highest BCUT2D eigenvalue weighted by Gasteiger charge is 2.08. The van der Waals surface area contributed by atoms with Gasteiger partial charge in [-0.1, -0.05) is 19.9 Å². The molecule has 0 bridgehead atoms. The predicted molar refractivity (Wildman–Crippen MR) is 84.3 cm³/mol. The van der Waals surface area contributed by atoms with Gasteiger partial charge in [0, 0.05) is 24.5 Å². The number of aryl methyl sites for hydroxylation is 2. The van der Waals surface area contributed by atoms with Crippen LogP contribution in [-0.4, -0.2) is 16.0 Å². The fourth-order valence-corrected chi connectivity index (χ4v) is 1.97. The molecule has 2 aromatic rings. The van der Waals surface area contributed by atoms with Crippen LogP contribution >= 0.6 is 0 Å². The van der Waals surface area contributed by atoms with E-state index < -0.39 is 0 Å². The minimum atomic E-state index is 0.415. The Morgan fingerprint density at radius 1 is 1.14 bits per heavy atom. The lowest BCUT2D eigenvalue weighted by Gasteiger charge is -2.14. The lowest BCUT2D eigenvalue weighted by atomic mass is 10.2. The molecule has 2 rings (SSSR count). The third kappa shape index (κ3) is 4.53. The van der Waals surface area contributed by atoms with Crippen molar-refractivity contribution in [3.63, 3.8) is 0 Å². The molecule has 0 unspecified atom stereocenters. The average molecular weight is 285 g/mol. The first-order valence-electron chi connectivity index (χ1n) is 7.29. The van der Waals surface area contributed by atoms with Crippen LogP contribution in [0.25, 0.3) is 0 Å². The Labute approximate surface area is 126 Å². The molecule has 4 heteroatoms. The molecule has 0 saturated carbocycles. The number of aromatic nitrogens is 2. The molecule has 0 aliphatic carbocycles. The van der Waals surface area contributed by atoms with Crippen LogP contribution in [0.1, 0.15) is 36.5 Å². The zero-order valence-electron chi connectivity index (χ0n) is 13.2. The normalized spacial score (nSPS) is 10.9. The zero-order valence-corrected chi connectivity index (χ0v) is 13.2. The summed E-state index contributed by atoms with van der Waals surface area (Å²) in [6, 6.07) is 8.35. The summed E-state index contributed by atoms with van der Waals surface area (Å²) in [5, 5.41) is 3.38. The molecule has 112 valence electrons. The van der Waals surface area contributed by atoms with Crippen LogP contribution in [0.2, 0.25) is 0 Å². The first-order chi connectivity index (χ1) is 10.1. The monoisotopic (exact) mass is 285 g/mol. The van der Waals surface area contributed by atoms with Gasteiger partial charge in [-0.25, -0.2) is 0 Å². The Hall–Kier alpha value is -1.94. The molecule has 0 aliphatic heterocycles. The van der Waals surface area contributed by atoms with Crippen LogP contribution in [0.15, 0.2) is 30.5 Å². The fourth-order valence-electron chi connectivity index (χ4n) is 1.97. The molecule has 0 radical (unpaired) electrons. The molecule has 0 atom stereocenters. The van der Waals surface area contributed by atoms with Gasteiger partial charge in [0.25, 0.3) is 0 Å². The maximum absolute atomic E-state index is 5.93. The number of pyridine rings is 2. The van der Waals surface area contributed by atoms with Gasteiger partial charge in [-0.3, -0.25) is 9.97 Å². The van der Waals surface area contributed by atoms with Gasteiger partial charge in [0.05, 0.1) is 11.4 Å². The van der Waals surface area contributed by atoms with Crippen molar-refractivity contribution in [2.24, 2.45) is 0 Å². The summed E-state index contributed by atoms with van der Waals surface area (Å²) in [7, 11) is 0. The summed E-state index contributed by atoms with van der Waals surface area (Å²) in [5.41, 5.74) is 4.04. The van der Waals surface area contributed by atoms with Crippen LogP contribution < -0.4 is 10.1 Å². The molecule has 0 aromatic carbocycles. The average Bonchev–Trinajstić information content (AvgIpc) is 2.45. The van der Waals surface area contributed by atoms with Gasteiger partial charge < -0.3 is 10.1 Å². The summed E-state index contributed by atoms with van der Waals surface area (Å²) < 4.78 is 5.93. The van der Waals surface area contributed by atoms with E-state index >= 15 is 0 Å². The van der Waals surface area contributed by atoms with Crippen LogP contribution in [-0.2, 0) is 13.2 Å². The summed E-state index contributed by atoms with van der Waals surface area (Å²) in [6.45, 7) is 9.44. The quantitative estimate of drug-likeness (QED) is 0.885. The van der Waals surface area contributed by atoms with E-state index in [-0.39, 0.29) is 0 Å². The number of nitrogens with zero attached hydrogens (tertiary/aromatic N) is 2. The van der Waals surface area contributed by atoms with Crippen molar-refractivity contribution >= 4 is 0 Å². The maximum Gasteiger partial charge on any atom is 0.142 e. The van der Waals surface area contributed by atoms with Crippen molar-refractivity contribution in [3.05, 3.63) is 53.1 Å². The summed E-state index contributed by atoms with van der Waals surface area (Å²) in [5.74, 6) is 0.818. The minimum absolute atomic E-state index is 0.415. The third-order valence-electron chi connectivity index (χ3n) is 3.23. The molecule has 2 aromatic heterocycles. The van der Waals surface area contributed by atoms with Gasteiger partial charge in [-0.2, -0.15) is 0 Å². The molecule has 0 amide bonds. The predicted octanol–water partition coefficient (Wildman–Crippen LogP) is 3.17. The van der Waals surface area contributed by atoms with E-state index in [4.69, 9.17) is 4.74 Å². The third-order valence-corrected chi connectivity index (χ3v) is 3.23. The molecular weight excluding hydrogens is 262 g/mol. The molecule has 4 nitrogen and oxygen atoms in total. The molecule has 0 saturated heterocycles. The van der Waals surface area contributed by atoms with E-state index in [1.165, 1.54) is 0 Å². The second-order valence-corrected chi connectivity index (χ2v) is 5.49. The van der Waals surface area contributed by atoms with Crippen LogP contribution in [0.5, 0.6) is 5.75 Å². The molecular formula is C17H23N3O. The molecule has 21 heavy (non-hydrogen) atoms. The zero-order chi connectivity index (χ0) is 15.2. The highest BCUT2D eigenvalue weighted by Crippen LogP contribution is 2.19. The Balaban J connectivity index is 2.10. The van der Waals surface area contributed by atoms with Gasteiger partial charge in [-0.05, 0) is 37.6 Å². The smallest absolute Gasteiger partial charge is 0.142 e. The second kappa shape index (κ2) is 7.18. The Kier molecular flexibility index (Phi) is 5.28.